The van der Waals surface area contributed by atoms with E-state index >= 15 is 0 Å². The number of aliphatic hydroxyl groups excluding tert-OH is 1. The second-order valence-corrected chi connectivity index (χ2v) is 13.7. The molecule has 248 valence electrons. The highest BCUT2D eigenvalue weighted by Gasteiger charge is 2.34. The van der Waals surface area contributed by atoms with Crippen molar-refractivity contribution in [2.45, 2.75) is 55.9 Å². The van der Waals surface area contributed by atoms with E-state index in [9.17, 15) is 23.1 Å². The minimum atomic E-state index is -3.98. The average molecular weight is 654 g/mol. The molecule has 0 radical (unpaired) electrons. The summed E-state index contributed by atoms with van der Waals surface area (Å²) in [5, 5.41) is 20.1. The Morgan fingerprint density at radius 3 is 2.43 bits per heavy atom. The lowest BCUT2D eigenvalue weighted by atomic mass is 10.0. The molecule has 0 aliphatic carbocycles. The number of hydrogen-bond donors (Lipinski definition) is 5. The minimum absolute atomic E-state index is 0.0369. The van der Waals surface area contributed by atoms with Gasteiger partial charge in [0.25, 0.3) is 0 Å². The summed E-state index contributed by atoms with van der Waals surface area (Å²) in [5.74, 6) is 0.298. The van der Waals surface area contributed by atoms with E-state index in [1.807, 2.05) is 44.2 Å². The molecule has 0 bridgehead atoms. The number of rotatable bonds is 14. The fourth-order valence-corrected chi connectivity index (χ4v) is 6.84. The van der Waals surface area contributed by atoms with Crippen LogP contribution in [-0.2, 0) is 26.0 Å². The van der Waals surface area contributed by atoms with Gasteiger partial charge < -0.3 is 36.3 Å². The van der Waals surface area contributed by atoms with E-state index in [-0.39, 0.29) is 49.2 Å². The molecule has 1 aliphatic heterocycles. The SMILES string of the molecule is COc1cccc(NC(=O)[C@@H]2C[C@@H](OC(=O)N[C@@H](Cc3ccccc3)[C@H](O)CN(CC(C)C)S(=O)(=O)c3ccc(N)cc3)CN2)c1. The van der Waals surface area contributed by atoms with Gasteiger partial charge in [-0.05, 0) is 54.3 Å². The molecule has 3 aromatic rings. The average Bonchev–Trinajstić information content (AvgIpc) is 3.49. The smallest absolute Gasteiger partial charge is 0.407 e. The van der Waals surface area contributed by atoms with Gasteiger partial charge in [-0.15, -0.1) is 0 Å². The maximum absolute atomic E-state index is 13.6. The molecular weight excluding hydrogens is 610 g/mol. The number of carbonyl (C=O) groups is 2. The van der Waals surface area contributed by atoms with E-state index in [1.54, 1.807) is 31.4 Å². The van der Waals surface area contributed by atoms with Crippen LogP contribution in [-0.4, -0.2) is 80.9 Å². The Morgan fingerprint density at radius 1 is 1.04 bits per heavy atom. The van der Waals surface area contributed by atoms with E-state index in [2.05, 4.69) is 16.0 Å². The first-order valence-corrected chi connectivity index (χ1v) is 16.6. The third-order valence-electron chi connectivity index (χ3n) is 7.56. The Hall–Kier alpha value is -4.17. The summed E-state index contributed by atoms with van der Waals surface area (Å²) in [6.45, 7) is 3.92. The van der Waals surface area contributed by atoms with Gasteiger partial charge in [0.15, 0.2) is 0 Å². The highest BCUT2D eigenvalue weighted by Crippen LogP contribution is 2.21. The lowest BCUT2D eigenvalue weighted by Crippen LogP contribution is -2.51. The van der Waals surface area contributed by atoms with E-state index in [1.165, 1.54) is 28.6 Å². The standard InChI is InChI=1S/C33H43N5O7S/c1-22(2)20-38(46(42,43)28-14-12-24(34)13-15-28)21-31(39)29(16-23-8-5-4-6-9-23)37-33(41)45-27-18-30(35-19-27)32(40)36-25-10-7-11-26(17-25)44-3/h4-15,17,22,27,29-31,35,39H,16,18-21,34H2,1-3H3,(H,36,40)(H,37,41)/t27-,29+,30+,31-/m1/s1. The normalized spacial score (nSPS) is 17.8. The van der Waals surface area contributed by atoms with Crippen LogP contribution >= 0.6 is 0 Å². The summed E-state index contributed by atoms with van der Waals surface area (Å²) < 4.78 is 39.3. The molecule has 1 heterocycles. The summed E-state index contributed by atoms with van der Waals surface area (Å²) in [4.78, 5) is 26.0. The Bertz CT molecular complexity index is 1550. The zero-order chi connectivity index (χ0) is 33.3. The van der Waals surface area contributed by atoms with Crippen LogP contribution in [0, 0.1) is 5.92 Å². The Labute approximate surface area is 270 Å². The van der Waals surface area contributed by atoms with Gasteiger partial charge in [0, 0.05) is 43.5 Å². The molecule has 3 aromatic carbocycles. The highest BCUT2D eigenvalue weighted by molar-refractivity contribution is 7.89. The number of nitrogens with two attached hydrogens (primary N) is 1. The van der Waals surface area contributed by atoms with Crippen molar-refractivity contribution in [3.05, 3.63) is 84.4 Å². The van der Waals surface area contributed by atoms with Crippen molar-refractivity contribution in [2.75, 3.05) is 37.8 Å². The van der Waals surface area contributed by atoms with Gasteiger partial charge in [0.1, 0.15) is 11.9 Å². The zero-order valence-electron chi connectivity index (χ0n) is 26.3. The number of anilines is 2. The molecular formula is C33H43N5O7S. The Morgan fingerprint density at radius 2 is 1.76 bits per heavy atom. The predicted molar refractivity (Wildman–Crippen MR) is 176 cm³/mol. The number of methoxy groups -OCH3 is 1. The van der Waals surface area contributed by atoms with E-state index in [0.29, 0.717) is 17.1 Å². The van der Waals surface area contributed by atoms with E-state index in [4.69, 9.17) is 15.2 Å². The molecule has 2 amide bonds. The molecule has 4 rings (SSSR count). The molecule has 0 aromatic heterocycles. The van der Waals surface area contributed by atoms with Crippen molar-refractivity contribution in [3.63, 3.8) is 0 Å². The first kappa shape index (κ1) is 34.7. The first-order valence-electron chi connectivity index (χ1n) is 15.2. The fourth-order valence-electron chi connectivity index (χ4n) is 5.21. The second-order valence-electron chi connectivity index (χ2n) is 11.7. The lowest BCUT2D eigenvalue weighted by molar-refractivity contribution is -0.117. The van der Waals surface area contributed by atoms with Gasteiger partial charge in [-0.25, -0.2) is 13.2 Å². The molecule has 1 aliphatic rings. The topological polar surface area (TPSA) is 172 Å². The summed E-state index contributed by atoms with van der Waals surface area (Å²) in [6.07, 6.45) is -2.19. The summed E-state index contributed by atoms with van der Waals surface area (Å²) in [5.41, 5.74) is 7.61. The number of nitrogen functional groups attached to an aromatic ring is 1. The van der Waals surface area contributed by atoms with Crippen LogP contribution in [0.25, 0.3) is 0 Å². The number of carbonyl (C=O) groups excluding carboxylic acids is 2. The Balaban J connectivity index is 1.42. The van der Waals surface area contributed by atoms with Crippen LogP contribution in [0.1, 0.15) is 25.8 Å². The van der Waals surface area contributed by atoms with Gasteiger partial charge in [0.05, 0.1) is 30.2 Å². The van der Waals surface area contributed by atoms with Crippen LogP contribution in [0.2, 0.25) is 0 Å². The van der Waals surface area contributed by atoms with Gasteiger partial charge in [0.2, 0.25) is 15.9 Å². The van der Waals surface area contributed by atoms with Crippen LogP contribution in [0.15, 0.2) is 83.8 Å². The Kier molecular flexibility index (Phi) is 12.0. The molecule has 1 fully saturated rings. The quantitative estimate of drug-likeness (QED) is 0.164. The van der Waals surface area contributed by atoms with Gasteiger partial charge in [-0.3, -0.25) is 4.79 Å². The third kappa shape index (κ3) is 9.66. The largest absolute Gasteiger partial charge is 0.497 e. The van der Waals surface area contributed by atoms with E-state index < -0.39 is 40.4 Å². The number of sulfonamides is 1. The number of hydrogen-bond acceptors (Lipinski definition) is 9. The summed E-state index contributed by atoms with van der Waals surface area (Å²) in [6, 6.07) is 20.7. The van der Waals surface area contributed by atoms with Crippen molar-refractivity contribution in [1.82, 2.24) is 14.9 Å². The zero-order valence-corrected chi connectivity index (χ0v) is 27.1. The molecule has 0 spiro atoms. The number of alkyl carbamates (subject to hydrolysis) is 1. The van der Waals surface area contributed by atoms with Crippen molar-refractivity contribution < 1.29 is 32.6 Å². The number of ether oxygens (including phenoxy) is 2. The van der Waals surface area contributed by atoms with Crippen LogP contribution in [0.4, 0.5) is 16.2 Å². The fraction of sp³-hybridized carbons (Fsp3) is 0.394. The van der Waals surface area contributed by atoms with Crippen LogP contribution < -0.4 is 26.4 Å². The molecule has 13 heteroatoms. The number of nitrogens with zero attached hydrogens (tertiary/aromatic N) is 1. The molecule has 1 saturated heterocycles. The summed E-state index contributed by atoms with van der Waals surface area (Å²) in [7, 11) is -2.44. The maximum atomic E-state index is 13.6. The van der Waals surface area contributed by atoms with Gasteiger partial charge in [-0.2, -0.15) is 4.31 Å². The van der Waals surface area contributed by atoms with E-state index in [0.717, 1.165) is 5.56 Å². The molecule has 4 atom stereocenters. The molecule has 12 nitrogen and oxygen atoms in total. The first-order chi connectivity index (χ1) is 21.9. The third-order valence-corrected chi connectivity index (χ3v) is 9.41. The molecule has 6 N–H and O–H groups in total. The van der Waals surface area contributed by atoms with Gasteiger partial charge >= 0.3 is 6.09 Å². The number of aliphatic hydroxyl groups is 1. The van der Waals surface area contributed by atoms with Crippen molar-refractivity contribution >= 4 is 33.4 Å². The minimum Gasteiger partial charge on any atom is -0.497 e. The highest BCUT2D eigenvalue weighted by atomic mass is 32.2. The second kappa shape index (κ2) is 15.9. The van der Waals surface area contributed by atoms with Crippen LogP contribution in [0.5, 0.6) is 5.75 Å². The van der Waals surface area contributed by atoms with Gasteiger partial charge in [-0.1, -0.05) is 50.2 Å². The number of nitrogens with one attached hydrogen (secondary N) is 3. The molecule has 46 heavy (non-hydrogen) atoms. The lowest BCUT2D eigenvalue weighted by Gasteiger charge is -2.30. The molecule has 0 unspecified atom stereocenters. The van der Waals surface area contributed by atoms with Crippen molar-refractivity contribution in [2.24, 2.45) is 5.92 Å². The number of amides is 2. The summed E-state index contributed by atoms with van der Waals surface area (Å²) >= 11 is 0. The predicted octanol–water partition coefficient (Wildman–Crippen LogP) is 2.99. The molecule has 0 saturated carbocycles. The monoisotopic (exact) mass is 653 g/mol. The maximum Gasteiger partial charge on any atom is 0.407 e. The van der Waals surface area contributed by atoms with Crippen LogP contribution in [0.3, 0.4) is 0 Å². The van der Waals surface area contributed by atoms with Crippen molar-refractivity contribution in [1.29, 1.82) is 0 Å². The van der Waals surface area contributed by atoms with Crippen molar-refractivity contribution in [3.8, 4) is 5.75 Å². The number of benzene rings is 3.